The number of hydrogen-bond acceptors (Lipinski definition) is 6. The van der Waals surface area contributed by atoms with Crippen LogP contribution in [0.1, 0.15) is 13.8 Å². The number of hydrogen-bond donors (Lipinski definition) is 1. The second-order valence-corrected chi connectivity index (χ2v) is 8.71. The Hall–Kier alpha value is -1.45. The fraction of sp³-hybridized carbons (Fsp3) is 0.267. The summed E-state index contributed by atoms with van der Waals surface area (Å²) in [6.45, 7) is 7.39. The van der Waals surface area contributed by atoms with Crippen molar-refractivity contribution >= 4 is 46.5 Å². The van der Waals surface area contributed by atoms with Gasteiger partial charge in [0.15, 0.2) is 8.68 Å². The molecule has 0 spiro atoms. The maximum Gasteiger partial charge on any atom is 0.237 e. The minimum Gasteiger partial charge on any atom is -0.320 e. The van der Waals surface area contributed by atoms with Crippen molar-refractivity contribution in [2.24, 2.45) is 0 Å². The second kappa shape index (κ2) is 8.59. The van der Waals surface area contributed by atoms with Crippen molar-refractivity contribution in [3.8, 4) is 0 Å². The number of rotatable bonds is 7. The molecule has 2 rings (SSSR count). The minimum absolute atomic E-state index is 0.440. The smallest absolute Gasteiger partial charge is 0.237 e. The molecule has 0 saturated carbocycles. The van der Waals surface area contributed by atoms with E-state index in [4.69, 9.17) is 0 Å². The molecule has 1 atom stereocenters. The zero-order chi connectivity index (χ0) is 17.7. The average Bonchev–Trinajstić information content (AvgIpc) is 2.96. The highest BCUT2D eigenvalue weighted by atomic mass is 32.2. The Morgan fingerprint density at radius 3 is 2.58 bits per heavy atom. The van der Waals surface area contributed by atoms with Gasteiger partial charge in [-0.3, -0.25) is 4.79 Å². The van der Waals surface area contributed by atoms with Gasteiger partial charge in [0.2, 0.25) is 5.91 Å². The lowest BCUT2D eigenvalue weighted by atomic mass is 10.3. The predicted octanol–water partition coefficient (Wildman–Crippen LogP) is 4.60. The van der Waals surface area contributed by atoms with E-state index < -0.39 is 28.5 Å². The molecule has 1 aromatic carbocycles. The number of amides is 1. The van der Waals surface area contributed by atoms with E-state index in [1.165, 1.54) is 40.9 Å². The van der Waals surface area contributed by atoms with E-state index in [2.05, 4.69) is 22.1 Å². The van der Waals surface area contributed by atoms with Crippen LogP contribution in [0.15, 0.2) is 39.0 Å². The first-order valence-corrected chi connectivity index (χ1v) is 9.57. The molecular formula is C15H15F2N3OS3. The molecule has 0 saturated heterocycles. The maximum atomic E-state index is 13.6. The summed E-state index contributed by atoms with van der Waals surface area (Å²) in [6.07, 6.45) is 0. The highest BCUT2D eigenvalue weighted by Gasteiger charge is 2.20. The second-order valence-electron chi connectivity index (χ2n) is 4.93. The molecule has 128 valence electrons. The average molecular weight is 388 g/mol. The van der Waals surface area contributed by atoms with Gasteiger partial charge in [0.05, 0.1) is 5.25 Å². The summed E-state index contributed by atoms with van der Waals surface area (Å²) >= 11 is 4.08. The molecule has 0 fully saturated rings. The molecule has 1 heterocycles. The van der Waals surface area contributed by atoms with Crippen LogP contribution in [0.4, 0.5) is 14.5 Å². The van der Waals surface area contributed by atoms with Gasteiger partial charge in [0.1, 0.15) is 17.3 Å². The van der Waals surface area contributed by atoms with Crippen LogP contribution < -0.4 is 5.32 Å². The lowest BCUT2D eigenvalue weighted by molar-refractivity contribution is -0.115. The number of para-hydroxylation sites is 1. The Labute approximate surface area is 151 Å². The molecule has 0 unspecified atom stereocenters. The van der Waals surface area contributed by atoms with Crippen LogP contribution in [0.5, 0.6) is 0 Å². The number of nitrogens with zero attached hydrogens (tertiary/aromatic N) is 2. The highest BCUT2D eigenvalue weighted by Crippen LogP contribution is 2.32. The Morgan fingerprint density at radius 2 is 1.96 bits per heavy atom. The molecule has 1 amide bonds. The third-order valence-corrected chi connectivity index (χ3v) is 6.16. The van der Waals surface area contributed by atoms with E-state index in [-0.39, 0.29) is 0 Å². The zero-order valence-electron chi connectivity index (χ0n) is 13.0. The summed E-state index contributed by atoms with van der Waals surface area (Å²) in [6, 6.07) is 3.42. The van der Waals surface area contributed by atoms with E-state index >= 15 is 0 Å². The van der Waals surface area contributed by atoms with Gasteiger partial charge >= 0.3 is 0 Å². The molecular weight excluding hydrogens is 372 g/mol. The number of carbonyl (C=O) groups is 1. The largest absolute Gasteiger partial charge is 0.320 e. The fourth-order valence-electron chi connectivity index (χ4n) is 1.53. The number of nitrogens with one attached hydrogen (secondary N) is 1. The molecule has 0 radical (unpaired) electrons. The van der Waals surface area contributed by atoms with Gasteiger partial charge in [-0.1, -0.05) is 53.1 Å². The molecule has 0 aliphatic carbocycles. The van der Waals surface area contributed by atoms with Gasteiger partial charge in [-0.15, -0.1) is 10.2 Å². The van der Waals surface area contributed by atoms with Crippen molar-refractivity contribution in [3.63, 3.8) is 0 Å². The van der Waals surface area contributed by atoms with Crippen molar-refractivity contribution < 1.29 is 13.6 Å². The number of halogens is 2. The van der Waals surface area contributed by atoms with Crippen molar-refractivity contribution in [2.75, 3.05) is 11.1 Å². The van der Waals surface area contributed by atoms with Gasteiger partial charge in [-0.2, -0.15) is 0 Å². The Kier molecular flexibility index (Phi) is 6.76. The van der Waals surface area contributed by atoms with Gasteiger partial charge in [0.25, 0.3) is 0 Å². The number of anilines is 1. The number of aromatic nitrogens is 2. The third-order valence-electron chi connectivity index (χ3n) is 2.69. The standard InChI is InChI=1S/C15H15F2N3OS3/c1-8(2)7-22-14-19-20-15(24-14)23-9(3)13(21)18-12-10(16)5-4-6-11(12)17/h4-6,9H,1,7H2,2-3H3,(H,18,21)/t9-/m1/s1. The van der Waals surface area contributed by atoms with Crippen LogP contribution in [-0.2, 0) is 4.79 Å². The molecule has 0 aliphatic heterocycles. The van der Waals surface area contributed by atoms with Gasteiger partial charge in [0, 0.05) is 5.75 Å². The van der Waals surface area contributed by atoms with Crippen molar-refractivity contribution in [3.05, 3.63) is 42.0 Å². The van der Waals surface area contributed by atoms with E-state index in [9.17, 15) is 13.6 Å². The first-order valence-electron chi connectivity index (χ1n) is 6.89. The van der Waals surface area contributed by atoms with E-state index in [0.29, 0.717) is 4.34 Å². The fourth-order valence-corrected chi connectivity index (χ4v) is 4.54. The molecule has 9 heteroatoms. The van der Waals surface area contributed by atoms with E-state index in [1.807, 2.05) is 6.92 Å². The number of thioether (sulfide) groups is 2. The van der Waals surface area contributed by atoms with Crippen LogP contribution >= 0.6 is 34.9 Å². The van der Waals surface area contributed by atoms with Gasteiger partial charge < -0.3 is 5.32 Å². The summed E-state index contributed by atoms with van der Waals surface area (Å²) in [5.74, 6) is -1.37. The van der Waals surface area contributed by atoms with Crippen LogP contribution in [0.3, 0.4) is 0 Å². The van der Waals surface area contributed by atoms with Crippen molar-refractivity contribution in [1.29, 1.82) is 0 Å². The van der Waals surface area contributed by atoms with Crippen LogP contribution in [-0.4, -0.2) is 27.1 Å². The van der Waals surface area contributed by atoms with E-state index in [1.54, 1.807) is 6.92 Å². The lowest BCUT2D eigenvalue weighted by Crippen LogP contribution is -2.23. The zero-order valence-corrected chi connectivity index (χ0v) is 15.5. The van der Waals surface area contributed by atoms with Crippen LogP contribution in [0, 0.1) is 11.6 Å². The minimum atomic E-state index is -0.810. The van der Waals surface area contributed by atoms with Crippen molar-refractivity contribution in [2.45, 2.75) is 27.8 Å². The summed E-state index contributed by atoms with van der Waals surface area (Å²) in [4.78, 5) is 12.1. The van der Waals surface area contributed by atoms with Gasteiger partial charge in [-0.25, -0.2) is 8.78 Å². The first kappa shape index (κ1) is 18.9. The predicted molar refractivity (Wildman–Crippen MR) is 95.8 cm³/mol. The molecule has 0 bridgehead atoms. The molecule has 4 nitrogen and oxygen atoms in total. The topological polar surface area (TPSA) is 54.9 Å². The molecule has 1 N–H and O–H groups in total. The number of carbonyl (C=O) groups excluding carboxylic acids is 1. The van der Waals surface area contributed by atoms with Crippen LogP contribution in [0.2, 0.25) is 0 Å². The quantitative estimate of drug-likeness (QED) is 0.556. The summed E-state index contributed by atoms with van der Waals surface area (Å²) < 4.78 is 28.5. The Balaban J connectivity index is 1.95. The molecule has 0 aliphatic rings. The monoisotopic (exact) mass is 387 g/mol. The Bertz CT molecular complexity index is 731. The summed E-state index contributed by atoms with van der Waals surface area (Å²) in [5.41, 5.74) is 0.592. The molecule has 2 aromatic rings. The van der Waals surface area contributed by atoms with Gasteiger partial charge in [-0.05, 0) is 26.0 Å². The SMILES string of the molecule is C=C(C)CSc1nnc(S[C@H](C)C(=O)Nc2c(F)cccc2F)s1. The normalized spacial score (nSPS) is 12.0. The van der Waals surface area contributed by atoms with Crippen molar-refractivity contribution in [1.82, 2.24) is 10.2 Å². The van der Waals surface area contributed by atoms with E-state index in [0.717, 1.165) is 27.8 Å². The summed E-state index contributed by atoms with van der Waals surface area (Å²) in [5, 5.41) is 9.74. The first-order chi connectivity index (χ1) is 11.4. The molecule has 1 aromatic heterocycles. The number of benzene rings is 1. The Morgan fingerprint density at radius 1 is 1.33 bits per heavy atom. The highest BCUT2D eigenvalue weighted by molar-refractivity contribution is 8.04. The maximum absolute atomic E-state index is 13.6. The molecule has 24 heavy (non-hydrogen) atoms. The lowest BCUT2D eigenvalue weighted by Gasteiger charge is -2.11. The van der Waals surface area contributed by atoms with Crippen LogP contribution in [0.25, 0.3) is 0 Å². The third kappa shape index (κ3) is 5.29. The summed E-state index contributed by atoms with van der Waals surface area (Å²) in [7, 11) is 0.